The van der Waals surface area contributed by atoms with E-state index in [1.165, 1.54) is 18.3 Å². The van der Waals surface area contributed by atoms with Crippen LogP contribution in [0.1, 0.15) is 11.1 Å². The Hall–Kier alpha value is -2.14. The van der Waals surface area contributed by atoms with Gasteiger partial charge in [0.15, 0.2) is 0 Å². The average Bonchev–Trinajstić information content (AvgIpc) is 2.49. The minimum atomic E-state index is -0.305. The minimum absolute atomic E-state index is 0.287. The molecule has 2 N–H and O–H groups in total. The number of hydrogen-bond acceptors (Lipinski definition) is 1. The van der Waals surface area contributed by atoms with Gasteiger partial charge >= 0.3 is 6.03 Å². The second-order valence-electron chi connectivity index (χ2n) is 4.67. The number of amides is 2. The second kappa shape index (κ2) is 8.34. The van der Waals surface area contributed by atoms with E-state index in [0.29, 0.717) is 12.1 Å². The largest absolute Gasteiger partial charge is 0.338 e. The van der Waals surface area contributed by atoms with Crippen LogP contribution in [0.4, 0.5) is 9.18 Å². The van der Waals surface area contributed by atoms with Crippen LogP contribution in [0.2, 0.25) is 0 Å². The van der Waals surface area contributed by atoms with Gasteiger partial charge < -0.3 is 10.6 Å². The Kier molecular flexibility index (Phi) is 6.15. The van der Waals surface area contributed by atoms with Crippen molar-refractivity contribution in [3.05, 3.63) is 76.1 Å². The maximum atomic E-state index is 13.0. The van der Waals surface area contributed by atoms with E-state index in [1.54, 1.807) is 18.2 Å². The molecular weight excluding hydrogens is 347 g/mol. The van der Waals surface area contributed by atoms with Crippen molar-refractivity contribution >= 4 is 28.0 Å². The third-order valence-electron chi connectivity index (χ3n) is 2.95. The number of halogens is 2. The SMILES string of the molecule is O=C(N/C=C/c1cccc(F)c1)NCCc1ccc(Br)cc1. The van der Waals surface area contributed by atoms with Crippen molar-refractivity contribution in [1.29, 1.82) is 0 Å². The van der Waals surface area contributed by atoms with E-state index in [0.717, 1.165) is 16.5 Å². The van der Waals surface area contributed by atoms with Crippen molar-refractivity contribution in [2.45, 2.75) is 6.42 Å². The number of nitrogens with one attached hydrogen (secondary N) is 2. The molecule has 22 heavy (non-hydrogen) atoms. The zero-order chi connectivity index (χ0) is 15.8. The molecule has 2 aromatic rings. The van der Waals surface area contributed by atoms with Crippen LogP contribution in [0.15, 0.2) is 59.2 Å². The van der Waals surface area contributed by atoms with Crippen molar-refractivity contribution in [3.63, 3.8) is 0 Å². The molecule has 0 saturated heterocycles. The molecule has 3 nitrogen and oxygen atoms in total. The Morgan fingerprint density at radius 2 is 1.95 bits per heavy atom. The quantitative estimate of drug-likeness (QED) is 0.825. The van der Waals surface area contributed by atoms with Gasteiger partial charge in [-0.15, -0.1) is 0 Å². The summed E-state index contributed by atoms with van der Waals surface area (Å²) in [7, 11) is 0. The summed E-state index contributed by atoms with van der Waals surface area (Å²) in [5.74, 6) is -0.305. The van der Waals surface area contributed by atoms with Gasteiger partial charge in [-0.1, -0.05) is 40.2 Å². The van der Waals surface area contributed by atoms with E-state index in [4.69, 9.17) is 0 Å². The van der Waals surface area contributed by atoms with E-state index in [9.17, 15) is 9.18 Å². The molecule has 0 unspecified atom stereocenters. The van der Waals surface area contributed by atoms with Gasteiger partial charge in [0, 0.05) is 17.2 Å². The number of carbonyl (C=O) groups is 1. The van der Waals surface area contributed by atoms with Crippen LogP contribution in [0.3, 0.4) is 0 Å². The molecule has 0 saturated carbocycles. The van der Waals surface area contributed by atoms with Gasteiger partial charge in [-0.3, -0.25) is 0 Å². The van der Waals surface area contributed by atoms with Gasteiger partial charge in [0.25, 0.3) is 0 Å². The summed E-state index contributed by atoms with van der Waals surface area (Å²) in [4.78, 5) is 11.6. The number of urea groups is 1. The maximum Gasteiger partial charge on any atom is 0.318 e. The molecule has 0 aromatic heterocycles. The van der Waals surface area contributed by atoms with Gasteiger partial charge in [-0.2, -0.15) is 0 Å². The molecular formula is C17H16BrFN2O. The van der Waals surface area contributed by atoms with Crippen LogP contribution in [0, 0.1) is 5.82 Å². The molecule has 2 amide bonds. The Bertz CT molecular complexity index is 656. The first kappa shape index (κ1) is 16.2. The van der Waals surface area contributed by atoms with Crippen LogP contribution >= 0.6 is 15.9 Å². The molecule has 0 atom stereocenters. The van der Waals surface area contributed by atoms with Crippen LogP contribution in [-0.2, 0) is 6.42 Å². The third-order valence-corrected chi connectivity index (χ3v) is 3.48. The Balaban J connectivity index is 1.70. The summed E-state index contributed by atoms with van der Waals surface area (Å²) in [5, 5.41) is 5.34. The lowest BCUT2D eigenvalue weighted by Crippen LogP contribution is -2.33. The van der Waals surface area contributed by atoms with Crippen LogP contribution in [0.5, 0.6) is 0 Å². The zero-order valence-electron chi connectivity index (χ0n) is 11.9. The molecule has 0 aliphatic heterocycles. The molecule has 0 aliphatic rings. The predicted octanol–water partition coefficient (Wildman–Crippen LogP) is 4.10. The van der Waals surface area contributed by atoms with E-state index in [-0.39, 0.29) is 11.8 Å². The summed E-state index contributed by atoms with van der Waals surface area (Å²) in [6, 6.07) is 13.8. The zero-order valence-corrected chi connectivity index (χ0v) is 13.4. The first-order chi connectivity index (χ1) is 10.6. The lowest BCUT2D eigenvalue weighted by Gasteiger charge is -2.05. The summed E-state index contributed by atoms with van der Waals surface area (Å²) in [6.45, 7) is 0.543. The highest BCUT2D eigenvalue weighted by molar-refractivity contribution is 9.10. The fourth-order valence-corrected chi connectivity index (χ4v) is 2.11. The van der Waals surface area contributed by atoms with E-state index in [2.05, 4.69) is 26.6 Å². The molecule has 0 radical (unpaired) electrons. The molecule has 5 heteroatoms. The van der Waals surface area contributed by atoms with Crippen molar-refractivity contribution in [3.8, 4) is 0 Å². The van der Waals surface area contributed by atoms with Gasteiger partial charge in [0.2, 0.25) is 0 Å². The minimum Gasteiger partial charge on any atom is -0.338 e. The topological polar surface area (TPSA) is 41.1 Å². The fraction of sp³-hybridized carbons (Fsp3) is 0.118. The van der Waals surface area contributed by atoms with Crippen molar-refractivity contribution in [2.75, 3.05) is 6.54 Å². The first-order valence-corrected chi connectivity index (χ1v) is 7.64. The molecule has 2 rings (SSSR count). The standard InChI is InChI=1S/C17H16BrFN2O/c18-15-6-4-13(5-7-15)8-10-20-17(22)21-11-9-14-2-1-3-16(19)12-14/h1-7,9,11-12H,8,10H2,(H2,20,21,22)/b11-9+. The Morgan fingerprint density at radius 3 is 2.68 bits per heavy atom. The molecule has 2 aromatic carbocycles. The number of hydrogen-bond donors (Lipinski definition) is 2. The highest BCUT2D eigenvalue weighted by atomic mass is 79.9. The lowest BCUT2D eigenvalue weighted by molar-refractivity contribution is 0.244. The molecule has 114 valence electrons. The molecule has 0 fully saturated rings. The van der Waals surface area contributed by atoms with Crippen molar-refractivity contribution in [1.82, 2.24) is 10.6 Å². The highest BCUT2D eigenvalue weighted by Gasteiger charge is 1.98. The maximum absolute atomic E-state index is 13.0. The highest BCUT2D eigenvalue weighted by Crippen LogP contribution is 2.10. The fourth-order valence-electron chi connectivity index (χ4n) is 1.85. The van der Waals surface area contributed by atoms with Crippen LogP contribution in [-0.4, -0.2) is 12.6 Å². The average molecular weight is 363 g/mol. The number of carbonyl (C=O) groups excluding carboxylic acids is 1. The Morgan fingerprint density at radius 1 is 1.18 bits per heavy atom. The molecule has 0 heterocycles. The number of benzene rings is 2. The third kappa shape index (κ3) is 5.69. The van der Waals surface area contributed by atoms with Crippen molar-refractivity contribution < 1.29 is 9.18 Å². The summed E-state index contributed by atoms with van der Waals surface area (Å²) < 4.78 is 14.0. The summed E-state index contributed by atoms with van der Waals surface area (Å²) in [5.41, 5.74) is 1.84. The number of rotatable bonds is 5. The van der Waals surface area contributed by atoms with Gasteiger partial charge in [-0.25, -0.2) is 9.18 Å². The van der Waals surface area contributed by atoms with Crippen LogP contribution in [0.25, 0.3) is 6.08 Å². The van der Waals surface area contributed by atoms with E-state index < -0.39 is 0 Å². The Labute approximate surface area is 137 Å². The van der Waals surface area contributed by atoms with E-state index >= 15 is 0 Å². The van der Waals surface area contributed by atoms with Gasteiger partial charge in [-0.05, 0) is 47.9 Å². The van der Waals surface area contributed by atoms with Crippen LogP contribution < -0.4 is 10.6 Å². The van der Waals surface area contributed by atoms with E-state index in [1.807, 2.05) is 24.3 Å². The first-order valence-electron chi connectivity index (χ1n) is 6.84. The predicted molar refractivity (Wildman–Crippen MR) is 89.8 cm³/mol. The molecule has 0 aliphatic carbocycles. The van der Waals surface area contributed by atoms with Crippen molar-refractivity contribution in [2.24, 2.45) is 0 Å². The second-order valence-corrected chi connectivity index (χ2v) is 5.58. The molecule has 0 spiro atoms. The van der Waals surface area contributed by atoms with Gasteiger partial charge in [0.1, 0.15) is 5.82 Å². The monoisotopic (exact) mass is 362 g/mol. The lowest BCUT2D eigenvalue weighted by atomic mass is 10.1. The summed E-state index contributed by atoms with van der Waals surface area (Å²) in [6.07, 6.45) is 3.88. The summed E-state index contributed by atoms with van der Waals surface area (Å²) >= 11 is 3.38. The smallest absolute Gasteiger partial charge is 0.318 e. The van der Waals surface area contributed by atoms with Gasteiger partial charge in [0.05, 0.1) is 0 Å². The normalized spacial score (nSPS) is 10.6. The molecule has 0 bridgehead atoms.